The molecule has 0 atom stereocenters. The quantitative estimate of drug-likeness (QED) is 0.464. The van der Waals surface area contributed by atoms with Gasteiger partial charge in [0.1, 0.15) is 11.5 Å². The van der Waals surface area contributed by atoms with Crippen LogP contribution < -0.4 is 14.8 Å². The van der Waals surface area contributed by atoms with Gasteiger partial charge in [-0.15, -0.1) is 0 Å². The summed E-state index contributed by atoms with van der Waals surface area (Å²) in [5.41, 5.74) is 0.803. The van der Waals surface area contributed by atoms with Crippen LogP contribution in [0.2, 0.25) is 10.0 Å². The van der Waals surface area contributed by atoms with Crippen LogP contribution in [0.1, 0.15) is 19.8 Å². The average Bonchev–Trinajstić information content (AvgIpc) is 3.04. The summed E-state index contributed by atoms with van der Waals surface area (Å²) in [6.07, 6.45) is 2.10. The summed E-state index contributed by atoms with van der Waals surface area (Å²) in [7, 11) is 0. The van der Waals surface area contributed by atoms with E-state index in [1.165, 1.54) is 11.3 Å². The van der Waals surface area contributed by atoms with Gasteiger partial charge in [-0.3, -0.25) is 10.1 Å². The molecule has 142 valence electrons. The fourth-order valence-electron chi connectivity index (χ4n) is 2.27. The minimum absolute atomic E-state index is 0.193. The van der Waals surface area contributed by atoms with Gasteiger partial charge in [0.15, 0.2) is 11.7 Å². The zero-order valence-electron chi connectivity index (χ0n) is 14.6. The first-order chi connectivity index (χ1) is 13.0. The van der Waals surface area contributed by atoms with E-state index >= 15 is 0 Å². The zero-order valence-corrected chi connectivity index (χ0v) is 17.0. The highest BCUT2D eigenvalue weighted by Gasteiger charge is 2.11. The SMILES string of the molecule is CCCCOc1ccc2nc(NC(=O)COc3cc(Cl)ccc3Cl)sc2c1. The number of nitrogens with one attached hydrogen (secondary N) is 1. The van der Waals surface area contributed by atoms with Gasteiger partial charge in [0.25, 0.3) is 5.91 Å². The molecule has 0 aliphatic rings. The molecule has 0 spiro atoms. The number of anilines is 1. The normalized spacial score (nSPS) is 10.8. The molecule has 2 aromatic carbocycles. The van der Waals surface area contributed by atoms with Crippen LogP contribution in [0, 0.1) is 0 Å². The van der Waals surface area contributed by atoms with E-state index in [1.807, 2.05) is 18.2 Å². The number of rotatable bonds is 8. The molecule has 3 aromatic rings. The highest BCUT2D eigenvalue weighted by molar-refractivity contribution is 7.22. The van der Waals surface area contributed by atoms with E-state index in [0.717, 1.165) is 28.8 Å². The Balaban J connectivity index is 1.60. The van der Waals surface area contributed by atoms with E-state index < -0.39 is 0 Å². The molecule has 3 rings (SSSR count). The fraction of sp³-hybridized carbons (Fsp3) is 0.263. The van der Waals surface area contributed by atoms with Gasteiger partial charge in [-0.1, -0.05) is 47.9 Å². The molecule has 1 amide bonds. The molecule has 0 unspecified atom stereocenters. The monoisotopic (exact) mass is 424 g/mol. The third-order valence-corrected chi connectivity index (χ3v) is 5.11. The lowest BCUT2D eigenvalue weighted by Crippen LogP contribution is -2.20. The number of hydrogen-bond donors (Lipinski definition) is 1. The van der Waals surface area contributed by atoms with Gasteiger partial charge in [0, 0.05) is 11.1 Å². The maximum absolute atomic E-state index is 12.1. The standard InChI is InChI=1S/C19H18Cl2N2O3S/c1-2-3-8-25-13-5-7-15-17(10-13)27-19(22-15)23-18(24)11-26-16-9-12(20)4-6-14(16)21/h4-7,9-10H,2-3,8,11H2,1H3,(H,22,23,24). The van der Waals surface area contributed by atoms with Gasteiger partial charge in [-0.2, -0.15) is 0 Å². The number of benzene rings is 2. The highest BCUT2D eigenvalue weighted by atomic mass is 35.5. The summed E-state index contributed by atoms with van der Waals surface area (Å²) in [6.45, 7) is 2.62. The summed E-state index contributed by atoms with van der Waals surface area (Å²) in [6, 6.07) is 10.5. The average molecular weight is 425 g/mol. The van der Waals surface area contributed by atoms with E-state index in [1.54, 1.807) is 18.2 Å². The summed E-state index contributed by atoms with van der Waals surface area (Å²) in [5, 5.41) is 4.11. The summed E-state index contributed by atoms with van der Waals surface area (Å²) in [5.74, 6) is 0.832. The van der Waals surface area contributed by atoms with Crippen LogP contribution in [-0.4, -0.2) is 24.1 Å². The van der Waals surface area contributed by atoms with Crippen molar-refractivity contribution in [3.05, 3.63) is 46.4 Å². The smallest absolute Gasteiger partial charge is 0.264 e. The Hall–Kier alpha value is -2.02. The lowest BCUT2D eigenvalue weighted by molar-refractivity contribution is -0.118. The number of carbonyl (C=O) groups excluding carboxylic acids is 1. The maximum atomic E-state index is 12.1. The Morgan fingerprint density at radius 3 is 2.85 bits per heavy atom. The van der Waals surface area contributed by atoms with Crippen molar-refractivity contribution in [3.63, 3.8) is 0 Å². The van der Waals surface area contributed by atoms with Crippen molar-refractivity contribution in [3.8, 4) is 11.5 Å². The molecular weight excluding hydrogens is 407 g/mol. The lowest BCUT2D eigenvalue weighted by atomic mass is 10.3. The fourth-order valence-corrected chi connectivity index (χ4v) is 3.51. The number of hydrogen-bond acceptors (Lipinski definition) is 5. The van der Waals surface area contributed by atoms with Gasteiger partial charge >= 0.3 is 0 Å². The van der Waals surface area contributed by atoms with Gasteiger partial charge in [-0.05, 0) is 36.8 Å². The van der Waals surface area contributed by atoms with Crippen LogP contribution in [-0.2, 0) is 4.79 Å². The zero-order chi connectivity index (χ0) is 19.2. The van der Waals surface area contributed by atoms with Crippen LogP contribution in [0.15, 0.2) is 36.4 Å². The van der Waals surface area contributed by atoms with Crippen LogP contribution in [0.5, 0.6) is 11.5 Å². The van der Waals surface area contributed by atoms with Crippen LogP contribution in [0.4, 0.5) is 5.13 Å². The number of unbranched alkanes of at least 4 members (excludes halogenated alkanes) is 1. The summed E-state index contributed by atoms with van der Waals surface area (Å²) >= 11 is 13.3. The largest absolute Gasteiger partial charge is 0.494 e. The molecule has 0 fully saturated rings. The third-order valence-electron chi connectivity index (χ3n) is 3.62. The molecule has 0 bridgehead atoms. The Bertz CT molecular complexity index is 946. The predicted octanol–water partition coefficient (Wildman–Crippen LogP) is 5.80. The third kappa shape index (κ3) is 5.48. The van der Waals surface area contributed by atoms with Crippen LogP contribution in [0.3, 0.4) is 0 Å². The second-order valence-electron chi connectivity index (χ2n) is 5.76. The number of halogens is 2. The summed E-state index contributed by atoms with van der Waals surface area (Å²) < 4.78 is 12.1. The number of carbonyl (C=O) groups is 1. The molecule has 27 heavy (non-hydrogen) atoms. The maximum Gasteiger partial charge on any atom is 0.264 e. The topological polar surface area (TPSA) is 60.5 Å². The number of amides is 1. The Labute approximate surface area is 171 Å². The second-order valence-corrected chi connectivity index (χ2v) is 7.64. The van der Waals surface area contributed by atoms with Crippen molar-refractivity contribution in [2.24, 2.45) is 0 Å². The van der Waals surface area contributed by atoms with Crippen molar-refractivity contribution in [1.29, 1.82) is 0 Å². The minimum Gasteiger partial charge on any atom is -0.494 e. The molecule has 1 aromatic heterocycles. The molecule has 0 radical (unpaired) electrons. The Kier molecular flexibility index (Phi) is 6.77. The Morgan fingerprint density at radius 2 is 2.04 bits per heavy atom. The molecule has 8 heteroatoms. The number of ether oxygens (including phenoxy) is 2. The molecular formula is C19H18Cl2N2O3S. The van der Waals surface area contributed by atoms with E-state index in [4.69, 9.17) is 32.7 Å². The van der Waals surface area contributed by atoms with Crippen LogP contribution in [0.25, 0.3) is 10.2 Å². The van der Waals surface area contributed by atoms with Crippen molar-refractivity contribution in [1.82, 2.24) is 4.98 Å². The van der Waals surface area contributed by atoms with Crippen molar-refractivity contribution in [2.75, 3.05) is 18.5 Å². The minimum atomic E-state index is -0.329. The number of nitrogens with zero attached hydrogens (tertiary/aromatic N) is 1. The highest BCUT2D eigenvalue weighted by Crippen LogP contribution is 2.30. The second kappa shape index (κ2) is 9.26. The first-order valence-corrected chi connectivity index (χ1v) is 10.0. The molecule has 0 saturated heterocycles. The Morgan fingerprint density at radius 1 is 1.19 bits per heavy atom. The van der Waals surface area contributed by atoms with Gasteiger partial charge in [-0.25, -0.2) is 4.98 Å². The van der Waals surface area contributed by atoms with Gasteiger partial charge in [0.05, 0.1) is 21.8 Å². The first kappa shape index (κ1) is 19.7. The number of fused-ring (bicyclic) bond motifs is 1. The van der Waals surface area contributed by atoms with E-state index in [2.05, 4.69) is 17.2 Å². The molecule has 5 nitrogen and oxygen atoms in total. The number of thiazole rings is 1. The van der Waals surface area contributed by atoms with Crippen LogP contribution >= 0.6 is 34.5 Å². The van der Waals surface area contributed by atoms with E-state index in [9.17, 15) is 4.79 Å². The van der Waals surface area contributed by atoms with Crippen molar-refractivity contribution >= 4 is 55.8 Å². The molecule has 1 N–H and O–H groups in total. The molecule has 1 heterocycles. The molecule has 0 saturated carbocycles. The predicted molar refractivity (Wildman–Crippen MR) is 111 cm³/mol. The summed E-state index contributed by atoms with van der Waals surface area (Å²) in [4.78, 5) is 16.5. The van der Waals surface area contributed by atoms with E-state index in [0.29, 0.717) is 27.5 Å². The molecule has 0 aliphatic carbocycles. The van der Waals surface area contributed by atoms with E-state index in [-0.39, 0.29) is 12.5 Å². The molecule has 0 aliphatic heterocycles. The van der Waals surface area contributed by atoms with Gasteiger partial charge < -0.3 is 9.47 Å². The first-order valence-electron chi connectivity index (χ1n) is 8.46. The lowest BCUT2D eigenvalue weighted by Gasteiger charge is -2.07. The van der Waals surface area contributed by atoms with Crippen molar-refractivity contribution < 1.29 is 14.3 Å². The van der Waals surface area contributed by atoms with Crippen molar-refractivity contribution in [2.45, 2.75) is 19.8 Å². The van der Waals surface area contributed by atoms with Gasteiger partial charge in [0.2, 0.25) is 0 Å². The number of aromatic nitrogens is 1.